The minimum absolute atomic E-state index is 0.00674. The lowest BCUT2D eigenvalue weighted by Crippen LogP contribution is -2.32. The number of carbonyl (C=O) groups excluding carboxylic acids is 1. The summed E-state index contributed by atoms with van der Waals surface area (Å²) in [6, 6.07) is 11.3. The van der Waals surface area contributed by atoms with Crippen molar-refractivity contribution < 1.29 is 27.4 Å². The molecule has 1 atom stereocenters. The van der Waals surface area contributed by atoms with Gasteiger partial charge in [-0.05, 0) is 61.7 Å². The summed E-state index contributed by atoms with van der Waals surface area (Å²) in [5.41, 5.74) is 0.861. The Morgan fingerprint density at radius 1 is 1.03 bits per heavy atom. The summed E-state index contributed by atoms with van der Waals surface area (Å²) in [4.78, 5) is 12.5. The zero-order valence-corrected chi connectivity index (χ0v) is 19.4. The lowest BCUT2D eigenvalue weighted by atomic mass is 10.1. The van der Waals surface area contributed by atoms with Gasteiger partial charge in [0, 0.05) is 6.04 Å². The molecule has 2 aromatic carbocycles. The first-order valence-electron chi connectivity index (χ1n) is 10.6. The Kier molecular flexibility index (Phi) is 7.98. The van der Waals surface area contributed by atoms with Gasteiger partial charge in [0.05, 0.1) is 25.2 Å². The first-order valence-corrected chi connectivity index (χ1v) is 12.1. The average molecular weight is 463 g/mol. The first kappa shape index (κ1) is 23.9. The Balaban J connectivity index is 1.52. The van der Waals surface area contributed by atoms with E-state index in [1.165, 1.54) is 12.1 Å². The Morgan fingerprint density at radius 2 is 1.69 bits per heavy atom. The minimum Gasteiger partial charge on any atom is -0.493 e. The van der Waals surface area contributed by atoms with E-state index in [0.717, 1.165) is 31.2 Å². The largest absolute Gasteiger partial charge is 0.493 e. The van der Waals surface area contributed by atoms with E-state index in [4.69, 9.17) is 14.2 Å². The van der Waals surface area contributed by atoms with Gasteiger partial charge in [-0.1, -0.05) is 18.9 Å². The van der Waals surface area contributed by atoms with Gasteiger partial charge in [0.25, 0.3) is 5.91 Å². The second-order valence-electron chi connectivity index (χ2n) is 7.77. The second kappa shape index (κ2) is 10.7. The molecule has 1 unspecified atom stereocenters. The van der Waals surface area contributed by atoms with Gasteiger partial charge in [-0.15, -0.1) is 0 Å². The molecule has 174 valence electrons. The summed E-state index contributed by atoms with van der Waals surface area (Å²) in [6.07, 6.45) is 3.84. The van der Waals surface area contributed by atoms with E-state index < -0.39 is 10.0 Å². The van der Waals surface area contributed by atoms with Gasteiger partial charge in [0.1, 0.15) is 5.75 Å². The summed E-state index contributed by atoms with van der Waals surface area (Å²) in [7, 11) is -0.434. The third-order valence-electron chi connectivity index (χ3n) is 5.47. The average Bonchev–Trinajstić information content (AvgIpc) is 3.29. The van der Waals surface area contributed by atoms with E-state index in [0.29, 0.717) is 17.2 Å². The van der Waals surface area contributed by atoms with Gasteiger partial charge in [-0.25, -0.2) is 13.1 Å². The van der Waals surface area contributed by atoms with Crippen LogP contribution in [0.15, 0.2) is 47.4 Å². The van der Waals surface area contributed by atoms with Crippen LogP contribution in [0.1, 0.15) is 44.2 Å². The Labute approximate surface area is 189 Å². The first-order chi connectivity index (χ1) is 15.3. The van der Waals surface area contributed by atoms with Gasteiger partial charge in [0.15, 0.2) is 18.1 Å². The summed E-state index contributed by atoms with van der Waals surface area (Å²) in [6.45, 7) is 1.67. The van der Waals surface area contributed by atoms with Crippen molar-refractivity contribution in [2.75, 3.05) is 20.8 Å². The van der Waals surface area contributed by atoms with Gasteiger partial charge in [-0.2, -0.15) is 0 Å². The molecule has 1 amide bonds. The lowest BCUT2D eigenvalue weighted by molar-refractivity contribution is -0.123. The molecule has 0 radical (unpaired) electrons. The van der Waals surface area contributed by atoms with Crippen molar-refractivity contribution in [3.8, 4) is 17.2 Å². The van der Waals surface area contributed by atoms with E-state index >= 15 is 0 Å². The van der Waals surface area contributed by atoms with Gasteiger partial charge < -0.3 is 19.5 Å². The summed E-state index contributed by atoms with van der Waals surface area (Å²) in [5.74, 6) is 1.31. The molecule has 0 aliphatic heterocycles. The number of nitrogens with one attached hydrogen (secondary N) is 2. The molecule has 9 heteroatoms. The zero-order valence-electron chi connectivity index (χ0n) is 18.6. The highest BCUT2D eigenvalue weighted by molar-refractivity contribution is 7.89. The molecule has 1 fully saturated rings. The van der Waals surface area contributed by atoms with E-state index in [1.54, 1.807) is 32.4 Å². The van der Waals surface area contributed by atoms with Crippen LogP contribution in [0.2, 0.25) is 0 Å². The van der Waals surface area contributed by atoms with Crippen molar-refractivity contribution in [2.24, 2.45) is 0 Å². The molecule has 1 saturated carbocycles. The van der Waals surface area contributed by atoms with Crippen molar-refractivity contribution in [3.63, 3.8) is 0 Å². The predicted octanol–water partition coefficient (Wildman–Crippen LogP) is 3.18. The van der Waals surface area contributed by atoms with Crippen molar-refractivity contribution in [1.82, 2.24) is 10.0 Å². The van der Waals surface area contributed by atoms with Gasteiger partial charge in [-0.3, -0.25) is 4.79 Å². The van der Waals surface area contributed by atoms with Crippen LogP contribution in [0.4, 0.5) is 0 Å². The molecule has 32 heavy (non-hydrogen) atoms. The molecular formula is C23H30N2O6S. The fourth-order valence-corrected chi connectivity index (χ4v) is 4.99. The maximum atomic E-state index is 12.5. The number of hydrogen-bond acceptors (Lipinski definition) is 6. The molecule has 2 aromatic rings. The normalized spacial score (nSPS) is 15.2. The van der Waals surface area contributed by atoms with Crippen molar-refractivity contribution >= 4 is 15.9 Å². The molecule has 0 aromatic heterocycles. The monoisotopic (exact) mass is 462 g/mol. The van der Waals surface area contributed by atoms with E-state index in [-0.39, 0.29) is 29.5 Å². The Hall–Kier alpha value is -2.78. The smallest absolute Gasteiger partial charge is 0.258 e. The highest BCUT2D eigenvalue weighted by Gasteiger charge is 2.23. The molecule has 0 spiro atoms. The number of methoxy groups -OCH3 is 2. The Morgan fingerprint density at radius 3 is 2.31 bits per heavy atom. The van der Waals surface area contributed by atoms with Gasteiger partial charge in [0.2, 0.25) is 10.0 Å². The van der Waals surface area contributed by atoms with Crippen molar-refractivity contribution in [3.05, 3.63) is 48.0 Å². The molecule has 0 heterocycles. The van der Waals surface area contributed by atoms with Crippen LogP contribution in [0.3, 0.4) is 0 Å². The van der Waals surface area contributed by atoms with Gasteiger partial charge >= 0.3 is 0 Å². The summed E-state index contributed by atoms with van der Waals surface area (Å²) in [5, 5.41) is 2.87. The minimum atomic E-state index is -3.55. The van der Waals surface area contributed by atoms with Crippen LogP contribution >= 0.6 is 0 Å². The number of amides is 1. The van der Waals surface area contributed by atoms with E-state index in [1.807, 2.05) is 19.1 Å². The molecule has 0 bridgehead atoms. The molecular weight excluding hydrogens is 432 g/mol. The highest BCUT2D eigenvalue weighted by Crippen LogP contribution is 2.30. The van der Waals surface area contributed by atoms with Crippen LogP contribution in [0, 0.1) is 0 Å². The second-order valence-corrected chi connectivity index (χ2v) is 9.48. The third-order valence-corrected chi connectivity index (χ3v) is 7.00. The molecule has 2 N–H and O–H groups in total. The standard InChI is InChI=1S/C23H30N2O6S/c1-16(17-8-13-21(29-2)22(14-17)30-3)24-23(26)15-31-19-9-11-20(12-10-19)32(27,28)25-18-6-4-5-7-18/h8-14,16,18,25H,4-7,15H2,1-3H3,(H,24,26). The van der Waals surface area contributed by atoms with E-state index in [2.05, 4.69) is 10.0 Å². The molecule has 3 rings (SSSR count). The number of sulfonamides is 1. The number of benzene rings is 2. The third kappa shape index (κ3) is 6.14. The highest BCUT2D eigenvalue weighted by atomic mass is 32.2. The fourth-order valence-electron chi connectivity index (χ4n) is 3.68. The molecule has 8 nitrogen and oxygen atoms in total. The predicted molar refractivity (Wildman–Crippen MR) is 121 cm³/mol. The zero-order chi connectivity index (χ0) is 23.1. The number of hydrogen-bond donors (Lipinski definition) is 2. The van der Waals surface area contributed by atoms with Crippen molar-refractivity contribution in [1.29, 1.82) is 0 Å². The maximum absolute atomic E-state index is 12.5. The SMILES string of the molecule is COc1ccc(C(C)NC(=O)COc2ccc(S(=O)(=O)NC3CCCC3)cc2)cc1OC. The van der Waals surface area contributed by atoms with Crippen LogP contribution in [-0.2, 0) is 14.8 Å². The number of carbonyl (C=O) groups is 1. The molecule has 0 saturated heterocycles. The number of ether oxygens (including phenoxy) is 3. The van der Waals surface area contributed by atoms with Crippen LogP contribution in [0.5, 0.6) is 17.2 Å². The summed E-state index contributed by atoms with van der Waals surface area (Å²) >= 11 is 0. The van der Waals surface area contributed by atoms with Crippen LogP contribution in [0.25, 0.3) is 0 Å². The summed E-state index contributed by atoms with van der Waals surface area (Å²) < 4.78 is 43.7. The maximum Gasteiger partial charge on any atom is 0.258 e. The van der Waals surface area contributed by atoms with Crippen LogP contribution < -0.4 is 24.2 Å². The Bertz CT molecular complexity index is 1020. The fraction of sp³-hybridized carbons (Fsp3) is 0.435. The lowest BCUT2D eigenvalue weighted by Gasteiger charge is -2.17. The molecule has 1 aliphatic rings. The quantitative estimate of drug-likeness (QED) is 0.562. The number of rotatable bonds is 10. The van der Waals surface area contributed by atoms with Crippen LogP contribution in [-0.4, -0.2) is 41.2 Å². The topological polar surface area (TPSA) is 103 Å². The molecule has 1 aliphatic carbocycles. The van der Waals surface area contributed by atoms with Crippen molar-refractivity contribution in [2.45, 2.75) is 49.6 Å². The van der Waals surface area contributed by atoms with E-state index in [9.17, 15) is 13.2 Å².